The van der Waals surface area contributed by atoms with E-state index in [1.165, 1.54) is 0 Å². The molecular formula is C20H23NO3S. The van der Waals surface area contributed by atoms with Gasteiger partial charge in [-0.2, -0.15) is 4.31 Å². The van der Waals surface area contributed by atoms with Crippen LogP contribution in [0.2, 0.25) is 0 Å². The highest BCUT2D eigenvalue weighted by atomic mass is 32.2. The Balaban J connectivity index is 1.82. The van der Waals surface area contributed by atoms with Crippen LogP contribution in [0.15, 0.2) is 59.0 Å². The number of rotatable bonds is 4. The van der Waals surface area contributed by atoms with Gasteiger partial charge in [0.1, 0.15) is 5.75 Å². The van der Waals surface area contributed by atoms with E-state index < -0.39 is 10.0 Å². The summed E-state index contributed by atoms with van der Waals surface area (Å²) >= 11 is 0. The predicted octanol–water partition coefficient (Wildman–Crippen LogP) is 3.73. The summed E-state index contributed by atoms with van der Waals surface area (Å²) in [6.07, 6.45) is 2.08. The predicted molar refractivity (Wildman–Crippen MR) is 100 cm³/mol. The third-order valence-corrected chi connectivity index (χ3v) is 6.42. The summed E-state index contributed by atoms with van der Waals surface area (Å²) in [6.45, 7) is 4.96. The third-order valence-electron chi connectivity index (χ3n) is 4.60. The first-order valence-corrected chi connectivity index (χ1v) is 9.75. The summed E-state index contributed by atoms with van der Waals surface area (Å²) in [5.74, 6) is 1.01. The maximum atomic E-state index is 12.9. The van der Waals surface area contributed by atoms with Crippen molar-refractivity contribution in [1.29, 1.82) is 0 Å². The molecule has 1 heterocycles. The van der Waals surface area contributed by atoms with E-state index in [1.54, 1.807) is 23.5 Å². The van der Waals surface area contributed by atoms with Crippen molar-refractivity contribution in [1.82, 2.24) is 4.31 Å². The van der Waals surface area contributed by atoms with Crippen molar-refractivity contribution < 1.29 is 13.2 Å². The number of ether oxygens (including phenoxy) is 1. The van der Waals surface area contributed by atoms with Gasteiger partial charge in [0.05, 0.1) is 12.0 Å². The Kier molecular flexibility index (Phi) is 4.97. The van der Waals surface area contributed by atoms with Crippen molar-refractivity contribution in [3.05, 3.63) is 65.2 Å². The van der Waals surface area contributed by atoms with Gasteiger partial charge in [-0.05, 0) is 42.7 Å². The summed E-state index contributed by atoms with van der Waals surface area (Å²) in [4.78, 5) is 0.357. The minimum absolute atomic E-state index is 0.197. The molecule has 0 amide bonds. The molecule has 0 spiro atoms. The fourth-order valence-corrected chi connectivity index (χ4v) is 4.51. The first kappa shape index (κ1) is 17.7. The van der Waals surface area contributed by atoms with Crippen molar-refractivity contribution in [2.24, 2.45) is 5.92 Å². The molecule has 1 fully saturated rings. The van der Waals surface area contributed by atoms with E-state index in [-0.39, 0.29) is 5.92 Å². The van der Waals surface area contributed by atoms with Crippen LogP contribution in [0, 0.1) is 12.8 Å². The van der Waals surface area contributed by atoms with Crippen molar-refractivity contribution >= 4 is 16.1 Å². The molecule has 0 saturated carbocycles. The number of aryl methyl sites for hydroxylation is 1. The SMILES string of the molecule is COc1ccc(/C=C2/CN(S(=O)(=O)c3ccc(C)cc3)CC2C)cc1. The zero-order chi connectivity index (χ0) is 18.0. The van der Waals surface area contributed by atoms with E-state index in [0.29, 0.717) is 18.0 Å². The summed E-state index contributed by atoms with van der Waals surface area (Å²) in [5, 5.41) is 0. The van der Waals surface area contributed by atoms with Gasteiger partial charge in [0.2, 0.25) is 10.0 Å². The third kappa shape index (κ3) is 3.78. The minimum atomic E-state index is -3.45. The molecule has 1 unspecified atom stereocenters. The van der Waals surface area contributed by atoms with E-state index in [2.05, 4.69) is 13.0 Å². The van der Waals surface area contributed by atoms with E-state index in [9.17, 15) is 8.42 Å². The fourth-order valence-electron chi connectivity index (χ4n) is 2.99. The second kappa shape index (κ2) is 7.02. The van der Waals surface area contributed by atoms with Gasteiger partial charge in [-0.1, -0.05) is 48.4 Å². The standard InChI is InChI=1S/C20H23NO3S/c1-15-4-10-20(11-5-15)25(22,23)21-13-16(2)18(14-21)12-17-6-8-19(24-3)9-7-17/h4-12,16H,13-14H2,1-3H3/b18-12-. The lowest BCUT2D eigenvalue weighted by atomic mass is 10.0. The summed E-state index contributed by atoms with van der Waals surface area (Å²) in [7, 11) is -1.81. The maximum absolute atomic E-state index is 12.9. The van der Waals surface area contributed by atoms with Gasteiger partial charge < -0.3 is 4.74 Å². The van der Waals surface area contributed by atoms with Crippen molar-refractivity contribution in [3.8, 4) is 5.75 Å². The van der Waals surface area contributed by atoms with Crippen molar-refractivity contribution in [2.75, 3.05) is 20.2 Å². The molecule has 1 saturated heterocycles. The zero-order valence-corrected chi connectivity index (χ0v) is 15.6. The minimum Gasteiger partial charge on any atom is -0.497 e. The largest absolute Gasteiger partial charge is 0.497 e. The normalized spacial score (nSPS) is 20.1. The van der Waals surface area contributed by atoms with Gasteiger partial charge in [-0.25, -0.2) is 8.42 Å². The Hall–Kier alpha value is -2.11. The molecule has 0 aromatic heterocycles. The Bertz CT molecular complexity index is 868. The number of hydrogen-bond donors (Lipinski definition) is 0. The topological polar surface area (TPSA) is 46.6 Å². The lowest BCUT2D eigenvalue weighted by Crippen LogP contribution is -2.28. The Morgan fingerprint density at radius 2 is 1.72 bits per heavy atom. The molecule has 3 rings (SSSR count). The van der Waals surface area contributed by atoms with Gasteiger partial charge in [0.25, 0.3) is 0 Å². The van der Waals surface area contributed by atoms with Crippen molar-refractivity contribution in [3.63, 3.8) is 0 Å². The molecule has 2 aromatic rings. The lowest BCUT2D eigenvalue weighted by molar-refractivity contribution is 0.415. The highest BCUT2D eigenvalue weighted by Gasteiger charge is 2.33. The number of nitrogens with zero attached hydrogens (tertiary/aromatic N) is 1. The Morgan fingerprint density at radius 1 is 1.08 bits per heavy atom. The van der Waals surface area contributed by atoms with Crippen LogP contribution >= 0.6 is 0 Å². The molecule has 1 atom stereocenters. The smallest absolute Gasteiger partial charge is 0.243 e. The number of benzene rings is 2. The summed E-state index contributed by atoms with van der Waals surface area (Å²) in [6, 6.07) is 14.8. The molecule has 4 nitrogen and oxygen atoms in total. The second-order valence-corrected chi connectivity index (χ2v) is 8.44. The summed E-state index contributed by atoms with van der Waals surface area (Å²) in [5.41, 5.74) is 3.23. The highest BCUT2D eigenvalue weighted by Crippen LogP contribution is 2.29. The number of sulfonamides is 1. The average molecular weight is 357 g/mol. The van der Waals surface area contributed by atoms with E-state index in [4.69, 9.17) is 4.74 Å². The van der Waals surface area contributed by atoms with E-state index in [0.717, 1.165) is 22.4 Å². The van der Waals surface area contributed by atoms with Gasteiger partial charge in [0.15, 0.2) is 0 Å². The molecule has 0 N–H and O–H groups in total. The van der Waals surface area contributed by atoms with Crippen LogP contribution in [0.5, 0.6) is 5.75 Å². The summed E-state index contributed by atoms with van der Waals surface area (Å²) < 4.78 is 32.4. The molecule has 25 heavy (non-hydrogen) atoms. The average Bonchev–Trinajstić information content (AvgIpc) is 2.97. The van der Waals surface area contributed by atoms with Crippen LogP contribution in [0.3, 0.4) is 0 Å². The van der Waals surface area contributed by atoms with Crippen LogP contribution in [0.4, 0.5) is 0 Å². The van der Waals surface area contributed by atoms with Crippen LogP contribution < -0.4 is 4.74 Å². The Labute approximate surface area is 149 Å². The molecule has 2 aromatic carbocycles. The molecule has 1 aliphatic heterocycles. The van der Waals surface area contributed by atoms with Crippen LogP contribution in [-0.2, 0) is 10.0 Å². The van der Waals surface area contributed by atoms with Gasteiger partial charge in [-0.3, -0.25) is 0 Å². The fraction of sp³-hybridized carbons (Fsp3) is 0.300. The van der Waals surface area contributed by atoms with Crippen LogP contribution in [-0.4, -0.2) is 32.9 Å². The lowest BCUT2D eigenvalue weighted by Gasteiger charge is -2.15. The van der Waals surface area contributed by atoms with E-state index in [1.807, 2.05) is 43.3 Å². The quantitative estimate of drug-likeness (QED) is 0.838. The van der Waals surface area contributed by atoms with Gasteiger partial charge in [0, 0.05) is 13.1 Å². The first-order chi connectivity index (χ1) is 11.9. The molecular weight excluding hydrogens is 334 g/mol. The number of methoxy groups -OCH3 is 1. The Morgan fingerprint density at radius 3 is 2.32 bits per heavy atom. The highest BCUT2D eigenvalue weighted by molar-refractivity contribution is 7.89. The molecule has 0 aliphatic carbocycles. The zero-order valence-electron chi connectivity index (χ0n) is 14.8. The van der Waals surface area contributed by atoms with Crippen LogP contribution in [0.25, 0.3) is 6.08 Å². The van der Waals surface area contributed by atoms with Gasteiger partial charge in [-0.15, -0.1) is 0 Å². The number of hydrogen-bond acceptors (Lipinski definition) is 3. The molecule has 1 aliphatic rings. The van der Waals surface area contributed by atoms with Gasteiger partial charge >= 0.3 is 0 Å². The van der Waals surface area contributed by atoms with Crippen molar-refractivity contribution in [2.45, 2.75) is 18.7 Å². The maximum Gasteiger partial charge on any atom is 0.243 e. The second-order valence-electron chi connectivity index (χ2n) is 6.50. The van der Waals surface area contributed by atoms with Crippen LogP contribution in [0.1, 0.15) is 18.1 Å². The van der Waals surface area contributed by atoms with E-state index >= 15 is 0 Å². The molecule has 132 valence electrons. The molecule has 0 bridgehead atoms. The first-order valence-electron chi connectivity index (χ1n) is 8.31. The molecule has 0 radical (unpaired) electrons. The molecule has 5 heteroatoms. The monoisotopic (exact) mass is 357 g/mol.